The average Bonchev–Trinajstić information content (AvgIpc) is 3.09. The van der Waals surface area contributed by atoms with Gasteiger partial charge in [-0.2, -0.15) is 0 Å². The molecule has 1 heterocycles. The number of carbonyl (C=O) groups is 1. The standard InChI is InChI=1S/C17H16N2O4/c20-17(18-10-1-2-11-18)13-4-3-5-16(12-13)23-15-8-6-14(7-9-15)19(21)22/h3-9,12H,1-2,10-11H2. The van der Waals surface area contributed by atoms with Crippen molar-refractivity contribution in [2.75, 3.05) is 13.1 Å². The first kappa shape index (κ1) is 15.0. The Balaban J connectivity index is 1.74. The Bertz CT molecular complexity index is 722. The maximum atomic E-state index is 12.4. The summed E-state index contributed by atoms with van der Waals surface area (Å²) in [4.78, 5) is 24.4. The van der Waals surface area contributed by atoms with Gasteiger partial charge < -0.3 is 9.64 Å². The number of likely N-dealkylation sites (tertiary alicyclic amines) is 1. The SMILES string of the molecule is O=C(c1cccc(Oc2ccc([N+](=O)[O-])cc2)c1)N1CCCC1. The van der Waals surface area contributed by atoms with Crippen LogP contribution in [0.15, 0.2) is 48.5 Å². The van der Waals surface area contributed by atoms with Crippen LogP contribution >= 0.6 is 0 Å². The summed E-state index contributed by atoms with van der Waals surface area (Å²) in [6, 6.07) is 12.8. The molecule has 0 aliphatic carbocycles. The van der Waals surface area contributed by atoms with Gasteiger partial charge in [-0.1, -0.05) is 6.07 Å². The molecular weight excluding hydrogens is 296 g/mol. The second kappa shape index (κ2) is 6.48. The minimum atomic E-state index is -0.459. The minimum Gasteiger partial charge on any atom is -0.457 e. The lowest BCUT2D eigenvalue weighted by Crippen LogP contribution is -2.27. The molecule has 0 aromatic heterocycles. The van der Waals surface area contributed by atoms with Gasteiger partial charge in [0.1, 0.15) is 11.5 Å². The highest BCUT2D eigenvalue weighted by atomic mass is 16.6. The molecule has 0 saturated carbocycles. The van der Waals surface area contributed by atoms with E-state index in [9.17, 15) is 14.9 Å². The number of amides is 1. The second-order valence-electron chi connectivity index (χ2n) is 5.38. The quantitative estimate of drug-likeness (QED) is 0.638. The fourth-order valence-corrected chi connectivity index (χ4v) is 2.57. The highest BCUT2D eigenvalue weighted by Gasteiger charge is 2.19. The third kappa shape index (κ3) is 3.48. The number of hydrogen-bond donors (Lipinski definition) is 0. The molecule has 1 aliphatic rings. The molecule has 3 rings (SSSR count). The van der Waals surface area contributed by atoms with Crippen LogP contribution in [-0.4, -0.2) is 28.8 Å². The van der Waals surface area contributed by atoms with Gasteiger partial charge in [-0.05, 0) is 43.2 Å². The van der Waals surface area contributed by atoms with Crippen LogP contribution in [0, 0.1) is 10.1 Å². The molecule has 1 amide bonds. The number of benzene rings is 2. The smallest absolute Gasteiger partial charge is 0.269 e. The summed E-state index contributed by atoms with van der Waals surface area (Å²) in [5.41, 5.74) is 0.599. The lowest BCUT2D eigenvalue weighted by Gasteiger charge is -2.15. The van der Waals surface area contributed by atoms with Crippen molar-refractivity contribution in [3.05, 3.63) is 64.2 Å². The number of nitro benzene ring substituents is 1. The van der Waals surface area contributed by atoms with Crippen LogP contribution in [0.4, 0.5) is 5.69 Å². The van der Waals surface area contributed by atoms with E-state index in [0.29, 0.717) is 17.1 Å². The van der Waals surface area contributed by atoms with Crippen molar-refractivity contribution in [2.24, 2.45) is 0 Å². The molecule has 1 fully saturated rings. The van der Waals surface area contributed by atoms with Gasteiger partial charge in [0.15, 0.2) is 0 Å². The molecule has 6 heteroatoms. The number of carbonyl (C=O) groups excluding carboxylic acids is 1. The van der Waals surface area contributed by atoms with E-state index in [1.54, 1.807) is 24.3 Å². The maximum absolute atomic E-state index is 12.4. The summed E-state index contributed by atoms with van der Waals surface area (Å²) < 4.78 is 5.67. The predicted octanol–water partition coefficient (Wildman–Crippen LogP) is 3.62. The lowest BCUT2D eigenvalue weighted by atomic mass is 10.2. The van der Waals surface area contributed by atoms with Gasteiger partial charge in [0.05, 0.1) is 4.92 Å². The van der Waals surface area contributed by atoms with Crippen molar-refractivity contribution in [1.82, 2.24) is 4.90 Å². The molecule has 0 radical (unpaired) electrons. The highest BCUT2D eigenvalue weighted by Crippen LogP contribution is 2.25. The Hall–Kier alpha value is -2.89. The molecule has 1 saturated heterocycles. The van der Waals surface area contributed by atoms with Crippen LogP contribution in [-0.2, 0) is 0 Å². The van der Waals surface area contributed by atoms with Crippen molar-refractivity contribution in [3.8, 4) is 11.5 Å². The van der Waals surface area contributed by atoms with Crippen molar-refractivity contribution in [2.45, 2.75) is 12.8 Å². The number of non-ortho nitro benzene ring substituents is 1. The highest BCUT2D eigenvalue weighted by molar-refractivity contribution is 5.94. The third-order valence-corrected chi connectivity index (χ3v) is 3.76. The summed E-state index contributed by atoms with van der Waals surface area (Å²) in [6.07, 6.45) is 2.09. The molecular formula is C17H16N2O4. The Morgan fingerprint density at radius 3 is 2.39 bits per heavy atom. The van der Waals surface area contributed by atoms with Crippen LogP contribution in [0.2, 0.25) is 0 Å². The number of nitrogens with zero attached hydrogens (tertiary/aromatic N) is 2. The van der Waals surface area contributed by atoms with Gasteiger partial charge in [0.2, 0.25) is 0 Å². The number of nitro groups is 1. The molecule has 0 bridgehead atoms. The zero-order valence-electron chi connectivity index (χ0n) is 12.5. The van der Waals surface area contributed by atoms with E-state index in [-0.39, 0.29) is 11.6 Å². The summed E-state index contributed by atoms with van der Waals surface area (Å²) in [6.45, 7) is 1.60. The minimum absolute atomic E-state index is 0.00955. The monoisotopic (exact) mass is 312 g/mol. The zero-order chi connectivity index (χ0) is 16.2. The van der Waals surface area contributed by atoms with Crippen molar-refractivity contribution in [1.29, 1.82) is 0 Å². The lowest BCUT2D eigenvalue weighted by molar-refractivity contribution is -0.384. The van der Waals surface area contributed by atoms with Crippen LogP contribution in [0.3, 0.4) is 0 Å². The molecule has 6 nitrogen and oxygen atoms in total. The first-order chi connectivity index (χ1) is 11.1. The van der Waals surface area contributed by atoms with Gasteiger partial charge in [0.25, 0.3) is 11.6 Å². The van der Waals surface area contributed by atoms with Gasteiger partial charge in [0, 0.05) is 30.8 Å². The number of rotatable bonds is 4. The molecule has 118 valence electrons. The number of ether oxygens (including phenoxy) is 1. The van der Waals surface area contributed by atoms with Crippen molar-refractivity contribution in [3.63, 3.8) is 0 Å². The van der Waals surface area contributed by atoms with Crippen molar-refractivity contribution >= 4 is 11.6 Å². The molecule has 1 aliphatic heterocycles. The Morgan fingerprint density at radius 1 is 1.04 bits per heavy atom. The predicted molar refractivity (Wildman–Crippen MR) is 84.7 cm³/mol. The van der Waals surface area contributed by atoms with E-state index in [4.69, 9.17) is 4.74 Å². The molecule has 0 atom stereocenters. The van der Waals surface area contributed by atoms with Gasteiger partial charge in [-0.25, -0.2) is 0 Å². The van der Waals surface area contributed by atoms with Crippen LogP contribution < -0.4 is 4.74 Å². The zero-order valence-corrected chi connectivity index (χ0v) is 12.5. The first-order valence-electron chi connectivity index (χ1n) is 7.45. The molecule has 0 spiro atoms. The summed E-state index contributed by atoms with van der Waals surface area (Å²) in [5.74, 6) is 1.03. The van der Waals surface area contributed by atoms with Gasteiger partial charge >= 0.3 is 0 Å². The molecule has 2 aromatic carbocycles. The summed E-state index contributed by atoms with van der Waals surface area (Å²) >= 11 is 0. The molecule has 2 aromatic rings. The van der Waals surface area contributed by atoms with E-state index < -0.39 is 4.92 Å². The fourth-order valence-electron chi connectivity index (χ4n) is 2.57. The van der Waals surface area contributed by atoms with Crippen LogP contribution in [0.1, 0.15) is 23.2 Å². The fraction of sp³-hybridized carbons (Fsp3) is 0.235. The van der Waals surface area contributed by atoms with Crippen LogP contribution in [0.25, 0.3) is 0 Å². The van der Waals surface area contributed by atoms with Gasteiger partial charge in [-0.15, -0.1) is 0 Å². The topological polar surface area (TPSA) is 72.7 Å². The van der Waals surface area contributed by atoms with E-state index in [0.717, 1.165) is 25.9 Å². The average molecular weight is 312 g/mol. The molecule has 0 N–H and O–H groups in total. The van der Waals surface area contributed by atoms with Gasteiger partial charge in [-0.3, -0.25) is 14.9 Å². The largest absolute Gasteiger partial charge is 0.457 e. The summed E-state index contributed by atoms with van der Waals surface area (Å²) in [7, 11) is 0. The molecule has 0 unspecified atom stereocenters. The normalized spacial score (nSPS) is 13.8. The van der Waals surface area contributed by atoms with E-state index in [1.807, 2.05) is 4.90 Å². The second-order valence-corrected chi connectivity index (χ2v) is 5.38. The van der Waals surface area contributed by atoms with E-state index >= 15 is 0 Å². The first-order valence-corrected chi connectivity index (χ1v) is 7.45. The van der Waals surface area contributed by atoms with Crippen molar-refractivity contribution < 1.29 is 14.5 Å². The number of hydrogen-bond acceptors (Lipinski definition) is 4. The molecule has 23 heavy (non-hydrogen) atoms. The summed E-state index contributed by atoms with van der Waals surface area (Å²) in [5, 5.41) is 10.6. The van der Waals surface area contributed by atoms with Crippen LogP contribution in [0.5, 0.6) is 11.5 Å². The Morgan fingerprint density at radius 2 is 1.74 bits per heavy atom. The van der Waals surface area contributed by atoms with E-state index in [2.05, 4.69) is 0 Å². The maximum Gasteiger partial charge on any atom is 0.269 e. The van der Waals surface area contributed by atoms with E-state index in [1.165, 1.54) is 24.3 Å². The Labute approximate surface area is 133 Å². The third-order valence-electron chi connectivity index (χ3n) is 3.76. The Kier molecular flexibility index (Phi) is 4.23.